The number of fused-ring (bicyclic) bond motifs is 1. The summed E-state index contributed by atoms with van der Waals surface area (Å²) in [5, 5.41) is 10.4. The molecule has 0 bridgehead atoms. The van der Waals surface area contributed by atoms with Gasteiger partial charge in [0.05, 0.1) is 12.5 Å². The van der Waals surface area contributed by atoms with E-state index in [1.165, 1.54) is 4.90 Å². The van der Waals surface area contributed by atoms with Crippen LogP contribution in [0.2, 0.25) is 0 Å². The molecular formula is C29H42N4O7. The number of hydrogen-bond donors (Lipinski definition) is 1. The third-order valence-electron chi connectivity index (χ3n) is 8.17. The van der Waals surface area contributed by atoms with E-state index in [0.29, 0.717) is 37.6 Å². The maximum atomic E-state index is 13.6. The summed E-state index contributed by atoms with van der Waals surface area (Å²) in [5.41, 5.74) is 0.804. The molecule has 2 fully saturated rings. The van der Waals surface area contributed by atoms with Gasteiger partial charge in [0.2, 0.25) is 24.5 Å². The van der Waals surface area contributed by atoms with E-state index in [4.69, 9.17) is 9.47 Å². The molecule has 0 radical (unpaired) electrons. The highest BCUT2D eigenvalue weighted by Gasteiger charge is 2.48. The largest absolute Gasteiger partial charge is 0.481 e. The minimum atomic E-state index is -0.962. The molecule has 1 aromatic rings. The quantitative estimate of drug-likeness (QED) is 0.342. The van der Waals surface area contributed by atoms with Gasteiger partial charge in [-0.1, -0.05) is 19.4 Å². The standard InChI is InChI=1S/C29H42N4O7/c1-4-5-13-31(14-6-12-30(2)3)27(36)18-32-17-21(20-7-8-23-24(16-20)40-19-39-23)28(29(37)38)22(32)11-15-33-25(34)9-10-26(33)35/h7-8,16,21-22,28H,4-6,9-15,17-19H2,1-3H3,(H,37,38)/t21-,22+,28-/m1/s1. The molecule has 0 aliphatic carbocycles. The minimum absolute atomic E-state index is 0.0268. The van der Waals surface area contributed by atoms with E-state index in [0.717, 1.165) is 31.4 Å². The summed E-state index contributed by atoms with van der Waals surface area (Å²) >= 11 is 0. The molecule has 3 amide bonds. The van der Waals surface area contributed by atoms with E-state index < -0.39 is 23.8 Å². The summed E-state index contributed by atoms with van der Waals surface area (Å²) in [6.07, 6.45) is 3.38. The van der Waals surface area contributed by atoms with Crippen LogP contribution in [0.25, 0.3) is 0 Å². The molecule has 4 rings (SSSR count). The van der Waals surface area contributed by atoms with Crippen molar-refractivity contribution in [2.75, 3.05) is 60.2 Å². The van der Waals surface area contributed by atoms with Crippen LogP contribution in [0.4, 0.5) is 0 Å². The number of unbranched alkanes of at least 4 members (excludes halogenated alkanes) is 1. The highest BCUT2D eigenvalue weighted by Crippen LogP contribution is 2.42. The van der Waals surface area contributed by atoms with Gasteiger partial charge in [0.25, 0.3) is 0 Å². The van der Waals surface area contributed by atoms with Gasteiger partial charge >= 0.3 is 5.97 Å². The Bertz CT molecular complexity index is 1080. The number of carboxylic acid groups (broad SMARTS) is 1. The zero-order valence-electron chi connectivity index (χ0n) is 23.8. The lowest BCUT2D eigenvalue weighted by atomic mass is 9.84. The van der Waals surface area contributed by atoms with E-state index in [1.54, 1.807) is 6.07 Å². The zero-order chi connectivity index (χ0) is 28.8. The molecule has 0 aromatic heterocycles. The first-order chi connectivity index (χ1) is 19.2. The van der Waals surface area contributed by atoms with Crippen LogP contribution in [0.1, 0.15) is 56.9 Å². The number of hydrogen-bond acceptors (Lipinski definition) is 8. The van der Waals surface area contributed by atoms with E-state index in [2.05, 4.69) is 11.8 Å². The van der Waals surface area contributed by atoms with Crippen LogP contribution < -0.4 is 9.47 Å². The molecule has 11 nitrogen and oxygen atoms in total. The fourth-order valence-electron chi connectivity index (χ4n) is 6.03. The summed E-state index contributed by atoms with van der Waals surface area (Å²) in [7, 11) is 4.01. The van der Waals surface area contributed by atoms with Crippen molar-refractivity contribution in [3.8, 4) is 11.5 Å². The molecule has 1 aromatic carbocycles. The SMILES string of the molecule is CCCCN(CCCN(C)C)C(=O)CN1C[C@H](c2ccc3c(c2)OCO3)[C@@H](C(=O)O)[C@@H]1CCN1C(=O)CCC1=O. The van der Waals surface area contributed by atoms with Crippen molar-refractivity contribution in [1.29, 1.82) is 0 Å². The Kier molecular flexibility index (Phi) is 10.0. The molecule has 3 aliphatic heterocycles. The average molecular weight is 559 g/mol. The molecular weight excluding hydrogens is 516 g/mol. The highest BCUT2D eigenvalue weighted by molar-refractivity contribution is 6.01. The van der Waals surface area contributed by atoms with Crippen LogP contribution in [-0.2, 0) is 19.2 Å². The molecule has 3 heterocycles. The normalized spacial score (nSPS) is 22.5. The van der Waals surface area contributed by atoms with Crippen molar-refractivity contribution in [3.63, 3.8) is 0 Å². The van der Waals surface area contributed by atoms with Crippen LogP contribution in [0, 0.1) is 5.92 Å². The maximum absolute atomic E-state index is 13.6. The third-order valence-corrected chi connectivity index (χ3v) is 8.17. The molecule has 2 saturated heterocycles. The first-order valence-corrected chi connectivity index (χ1v) is 14.3. The predicted molar refractivity (Wildman–Crippen MR) is 147 cm³/mol. The first-order valence-electron chi connectivity index (χ1n) is 14.3. The summed E-state index contributed by atoms with van der Waals surface area (Å²) in [6, 6.07) is 4.96. The van der Waals surface area contributed by atoms with Gasteiger partial charge < -0.3 is 24.4 Å². The van der Waals surface area contributed by atoms with E-state index >= 15 is 0 Å². The van der Waals surface area contributed by atoms with Crippen molar-refractivity contribution in [1.82, 2.24) is 19.6 Å². The number of benzene rings is 1. The lowest BCUT2D eigenvalue weighted by molar-refractivity contribution is -0.144. The molecule has 0 saturated carbocycles. The van der Waals surface area contributed by atoms with Crippen molar-refractivity contribution >= 4 is 23.7 Å². The summed E-state index contributed by atoms with van der Waals surface area (Å²) in [5.74, 6) is -1.46. The highest BCUT2D eigenvalue weighted by atomic mass is 16.7. The molecule has 220 valence electrons. The molecule has 3 atom stereocenters. The van der Waals surface area contributed by atoms with Gasteiger partial charge in [0.1, 0.15) is 0 Å². The number of carbonyl (C=O) groups is 4. The molecule has 1 N–H and O–H groups in total. The van der Waals surface area contributed by atoms with Gasteiger partial charge in [-0.3, -0.25) is 29.0 Å². The maximum Gasteiger partial charge on any atom is 0.308 e. The van der Waals surface area contributed by atoms with Crippen LogP contribution in [0.3, 0.4) is 0 Å². The average Bonchev–Trinajstić information content (AvgIpc) is 3.61. The Morgan fingerprint density at radius 2 is 1.73 bits per heavy atom. The van der Waals surface area contributed by atoms with Crippen LogP contribution >= 0.6 is 0 Å². The number of nitrogens with zero attached hydrogens (tertiary/aromatic N) is 4. The monoisotopic (exact) mass is 558 g/mol. The third kappa shape index (κ3) is 6.93. The van der Waals surface area contributed by atoms with Crippen LogP contribution in [0.15, 0.2) is 18.2 Å². The van der Waals surface area contributed by atoms with Crippen LogP contribution in [0.5, 0.6) is 11.5 Å². The number of ether oxygens (including phenoxy) is 2. The number of imide groups is 1. The number of likely N-dealkylation sites (tertiary alicyclic amines) is 2. The van der Waals surface area contributed by atoms with E-state index in [1.807, 2.05) is 36.0 Å². The number of amides is 3. The summed E-state index contributed by atoms with van der Waals surface area (Å²) in [4.78, 5) is 58.1. The second kappa shape index (κ2) is 13.5. The minimum Gasteiger partial charge on any atom is -0.481 e. The van der Waals surface area contributed by atoms with Gasteiger partial charge in [-0.2, -0.15) is 0 Å². The Morgan fingerprint density at radius 3 is 2.40 bits per heavy atom. The Labute approximate surface area is 236 Å². The van der Waals surface area contributed by atoms with Gasteiger partial charge in [-0.05, 0) is 57.6 Å². The molecule has 0 spiro atoms. The van der Waals surface area contributed by atoms with Crippen LogP contribution in [-0.4, -0.2) is 115 Å². The fourth-order valence-corrected chi connectivity index (χ4v) is 6.03. The van der Waals surface area contributed by atoms with Gasteiger partial charge in [0.15, 0.2) is 11.5 Å². The van der Waals surface area contributed by atoms with Crippen molar-refractivity contribution < 1.29 is 33.8 Å². The first kappa shape index (κ1) is 29.8. The van der Waals surface area contributed by atoms with Crippen molar-refractivity contribution in [2.45, 2.75) is 57.4 Å². The Balaban J connectivity index is 1.57. The smallest absolute Gasteiger partial charge is 0.308 e. The molecule has 11 heteroatoms. The van der Waals surface area contributed by atoms with Crippen molar-refractivity contribution in [3.05, 3.63) is 23.8 Å². The van der Waals surface area contributed by atoms with Gasteiger partial charge in [-0.25, -0.2) is 0 Å². The fraction of sp³-hybridized carbons (Fsp3) is 0.655. The zero-order valence-corrected chi connectivity index (χ0v) is 23.8. The molecule has 0 unspecified atom stereocenters. The molecule has 40 heavy (non-hydrogen) atoms. The van der Waals surface area contributed by atoms with Gasteiger partial charge in [0, 0.05) is 51.0 Å². The molecule has 3 aliphatic rings. The second-order valence-corrected chi connectivity index (χ2v) is 11.2. The lowest BCUT2D eigenvalue weighted by Crippen LogP contribution is -2.46. The van der Waals surface area contributed by atoms with E-state index in [-0.39, 0.29) is 50.4 Å². The van der Waals surface area contributed by atoms with E-state index in [9.17, 15) is 24.3 Å². The number of rotatable bonds is 14. The second-order valence-electron chi connectivity index (χ2n) is 11.2. The predicted octanol–water partition coefficient (Wildman–Crippen LogP) is 2.00. The lowest BCUT2D eigenvalue weighted by Gasteiger charge is -2.30. The Morgan fingerprint density at radius 1 is 1.02 bits per heavy atom. The number of carboxylic acids is 1. The number of aliphatic carboxylic acids is 1. The van der Waals surface area contributed by atoms with Gasteiger partial charge in [-0.15, -0.1) is 0 Å². The number of carbonyl (C=O) groups excluding carboxylic acids is 3. The topological polar surface area (TPSA) is 120 Å². The summed E-state index contributed by atoms with van der Waals surface area (Å²) < 4.78 is 11.0. The Hall–Kier alpha value is -3.18. The summed E-state index contributed by atoms with van der Waals surface area (Å²) in [6.45, 7) is 4.98. The van der Waals surface area contributed by atoms with Crippen molar-refractivity contribution in [2.24, 2.45) is 5.92 Å².